The van der Waals surface area contributed by atoms with Gasteiger partial charge in [0.15, 0.2) is 16.8 Å². The fourth-order valence-corrected chi connectivity index (χ4v) is 5.50. The lowest BCUT2D eigenvalue weighted by molar-refractivity contribution is -0.132. The van der Waals surface area contributed by atoms with Crippen molar-refractivity contribution in [3.05, 3.63) is 88.5 Å². The van der Waals surface area contributed by atoms with E-state index in [1.165, 1.54) is 24.3 Å². The highest BCUT2D eigenvalue weighted by Gasteiger charge is 2.48. The van der Waals surface area contributed by atoms with Crippen LogP contribution in [0.3, 0.4) is 0 Å². The van der Waals surface area contributed by atoms with Crippen molar-refractivity contribution in [2.45, 2.75) is 12.5 Å². The van der Waals surface area contributed by atoms with Gasteiger partial charge in [0.05, 0.1) is 28.4 Å². The molecule has 1 fully saturated rings. The van der Waals surface area contributed by atoms with E-state index in [2.05, 4.69) is 4.98 Å². The number of Topliss-reactive ketones (excluding diaryl/α,β-unsaturated/α-hetero) is 1. The zero-order chi connectivity index (χ0) is 25.1. The molecule has 3 heterocycles. The number of ether oxygens (including phenoxy) is 1. The number of aromatic hydroxyl groups is 1. The van der Waals surface area contributed by atoms with Crippen LogP contribution in [0.4, 0.5) is 13.9 Å². The lowest BCUT2D eigenvalue weighted by Crippen LogP contribution is -2.29. The zero-order valence-electron chi connectivity index (χ0n) is 18.4. The van der Waals surface area contributed by atoms with Gasteiger partial charge in [0, 0.05) is 18.1 Å². The first kappa shape index (κ1) is 22.2. The molecule has 1 saturated heterocycles. The Hall–Kier alpha value is -4.31. The summed E-state index contributed by atoms with van der Waals surface area (Å²) in [6.45, 7) is 0.510. The van der Waals surface area contributed by atoms with E-state index in [1.54, 1.807) is 18.2 Å². The summed E-state index contributed by atoms with van der Waals surface area (Å²) in [5, 5.41) is 21.1. The molecule has 180 valence electrons. The third-order valence-electron chi connectivity index (χ3n) is 6.24. The van der Waals surface area contributed by atoms with E-state index < -0.39 is 29.4 Å². The molecule has 0 bridgehead atoms. The maximum Gasteiger partial charge on any atom is 0.301 e. The second kappa shape index (κ2) is 8.13. The maximum atomic E-state index is 13.8. The molecule has 0 radical (unpaired) electrons. The van der Waals surface area contributed by atoms with Crippen molar-refractivity contribution in [3.63, 3.8) is 0 Å². The Bertz CT molecular complexity index is 1570. The van der Waals surface area contributed by atoms with Gasteiger partial charge < -0.3 is 14.9 Å². The van der Waals surface area contributed by atoms with Crippen molar-refractivity contribution in [3.8, 4) is 11.5 Å². The van der Waals surface area contributed by atoms with Gasteiger partial charge in [-0.3, -0.25) is 14.5 Å². The van der Waals surface area contributed by atoms with Gasteiger partial charge >= 0.3 is 5.91 Å². The highest BCUT2D eigenvalue weighted by atomic mass is 32.1. The van der Waals surface area contributed by atoms with E-state index in [1.807, 2.05) is 0 Å². The Morgan fingerprint density at radius 1 is 1.06 bits per heavy atom. The van der Waals surface area contributed by atoms with Crippen LogP contribution in [0, 0.1) is 11.6 Å². The number of fused-ring (bicyclic) bond motifs is 2. The minimum atomic E-state index is -1.09. The third kappa shape index (κ3) is 3.41. The number of hydrogen-bond donors (Lipinski definition) is 2. The molecule has 7 nitrogen and oxygen atoms in total. The molecule has 1 amide bonds. The number of amides is 1. The average Bonchev–Trinajstić information content (AvgIpc) is 3.55. The van der Waals surface area contributed by atoms with Gasteiger partial charge in [0.25, 0.3) is 5.78 Å². The molecular formula is C26H16F2N2O5S. The SMILES string of the molecule is O=C1C(=O)N(c2nc3cc(F)c(F)cc3s2)C(c2ccc(O)cc2)/C1=C(\O)c1ccc2c(c1)CCO2. The Labute approximate surface area is 206 Å². The summed E-state index contributed by atoms with van der Waals surface area (Å²) in [6, 6.07) is 11.6. The molecule has 0 spiro atoms. The number of carbonyl (C=O) groups is 2. The van der Waals surface area contributed by atoms with E-state index in [-0.39, 0.29) is 32.4 Å². The van der Waals surface area contributed by atoms with Crippen molar-refractivity contribution < 1.29 is 33.3 Å². The van der Waals surface area contributed by atoms with Crippen LogP contribution in [-0.2, 0) is 16.0 Å². The number of aromatic nitrogens is 1. The van der Waals surface area contributed by atoms with Gasteiger partial charge in [-0.1, -0.05) is 23.5 Å². The van der Waals surface area contributed by atoms with Crippen molar-refractivity contribution in [1.82, 2.24) is 4.98 Å². The number of phenolic OH excluding ortho intramolecular Hbond substituents is 1. The number of hydrogen-bond acceptors (Lipinski definition) is 7. The summed E-state index contributed by atoms with van der Waals surface area (Å²) in [5.41, 5.74) is 1.59. The minimum Gasteiger partial charge on any atom is -0.508 e. The number of benzene rings is 3. The van der Waals surface area contributed by atoms with Crippen LogP contribution < -0.4 is 9.64 Å². The minimum absolute atomic E-state index is 0.0275. The molecule has 2 N–H and O–H groups in total. The quantitative estimate of drug-likeness (QED) is 0.234. The fourth-order valence-electron chi connectivity index (χ4n) is 4.51. The molecule has 1 aromatic heterocycles. The first-order chi connectivity index (χ1) is 17.3. The van der Waals surface area contributed by atoms with Gasteiger partial charge in [-0.15, -0.1) is 0 Å². The van der Waals surface area contributed by atoms with E-state index in [9.17, 15) is 28.6 Å². The summed E-state index contributed by atoms with van der Waals surface area (Å²) in [6.07, 6.45) is 0.644. The smallest absolute Gasteiger partial charge is 0.301 e. The van der Waals surface area contributed by atoms with Crippen LogP contribution >= 0.6 is 11.3 Å². The normalized spacial score (nSPS) is 18.6. The molecule has 36 heavy (non-hydrogen) atoms. The molecule has 2 aliphatic heterocycles. The van der Waals surface area contributed by atoms with Crippen molar-refractivity contribution >= 4 is 44.1 Å². The first-order valence-electron chi connectivity index (χ1n) is 10.9. The summed E-state index contributed by atoms with van der Waals surface area (Å²) in [7, 11) is 0. The number of carbonyl (C=O) groups excluding carboxylic acids is 2. The Balaban J connectivity index is 1.55. The highest BCUT2D eigenvalue weighted by molar-refractivity contribution is 7.22. The standard InChI is InChI=1S/C26H16F2N2O5S/c27-16-10-18-20(11-17(16)28)36-26(29-18)30-22(12-1-4-15(31)5-2-12)21(24(33)25(30)34)23(32)14-3-6-19-13(9-14)7-8-35-19/h1-6,9-11,22,31-32H,7-8H2/b23-21+. The van der Waals surface area contributed by atoms with Crippen LogP contribution in [0.5, 0.6) is 11.5 Å². The summed E-state index contributed by atoms with van der Waals surface area (Å²) >= 11 is 0.916. The van der Waals surface area contributed by atoms with Crippen LogP contribution in [-0.4, -0.2) is 33.5 Å². The molecule has 2 aliphatic rings. The van der Waals surface area contributed by atoms with Crippen LogP contribution in [0.25, 0.3) is 16.0 Å². The van der Waals surface area contributed by atoms with E-state index in [0.717, 1.165) is 33.9 Å². The number of nitrogens with zero attached hydrogens (tertiary/aromatic N) is 2. The van der Waals surface area contributed by atoms with Gasteiger partial charge in [-0.05, 0) is 47.5 Å². The monoisotopic (exact) mass is 506 g/mol. The Morgan fingerprint density at radius 2 is 1.81 bits per heavy atom. The number of aliphatic hydroxyl groups excluding tert-OH is 1. The molecule has 1 atom stereocenters. The largest absolute Gasteiger partial charge is 0.508 e. The first-order valence-corrected chi connectivity index (χ1v) is 11.7. The summed E-state index contributed by atoms with van der Waals surface area (Å²) < 4.78 is 33.4. The Kier molecular flexibility index (Phi) is 5.01. The van der Waals surface area contributed by atoms with E-state index in [4.69, 9.17) is 4.74 Å². The molecule has 0 aliphatic carbocycles. The molecule has 1 unspecified atom stereocenters. The number of phenols is 1. The number of rotatable bonds is 3. The molecule has 4 aromatic rings. The van der Waals surface area contributed by atoms with Crippen LogP contribution in [0.1, 0.15) is 22.7 Å². The lowest BCUT2D eigenvalue weighted by atomic mass is 9.94. The number of aliphatic hydroxyl groups is 1. The van der Waals surface area contributed by atoms with Gasteiger partial charge in [0.2, 0.25) is 0 Å². The number of ketones is 1. The van der Waals surface area contributed by atoms with E-state index >= 15 is 0 Å². The van der Waals surface area contributed by atoms with Gasteiger partial charge in [-0.25, -0.2) is 13.8 Å². The van der Waals surface area contributed by atoms with Crippen LogP contribution in [0.2, 0.25) is 0 Å². The predicted octanol–water partition coefficient (Wildman–Crippen LogP) is 4.84. The van der Waals surface area contributed by atoms with E-state index in [0.29, 0.717) is 29.9 Å². The predicted molar refractivity (Wildman–Crippen MR) is 128 cm³/mol. The van der Waals surface area contributed by atoms with Crippen LogP contribution in [0.15, 0.2) is 60.2 Å². The van der Waals surface area contributed by atoms with Gasteiger partial charge in [-0.2, -0.15) is 0 Å². The molecule has 6 rings (SSSR count). The van der Waals surface area contributed by atoms with Gasteiger partial charge in [0.1, 0.15) is 17.3 Å². The van der Waals surface area contributed by atoms with Crippen molar-refractivity contribution in [2.24, 2.45) is 0 Å². The maximum absolute atomic E-state index is 13.8. The zero-order valence-corrected chi connectivity index (χ0v) is 19.2. The van der Waals surface area contributed by atoms with Crippen molar-refractivity contribution in [2.75, 3.05) is 11.5 Å². The topological polar surface area (TPSA) is 100.0 Å². The molecule has 0 saturated carbocycles. The second-order valence-corrected chi connectivity index (χ2v) is 9.42. The Morgan fingerprint density at radius 3 is 2.58 bits per heavy atom. The number of thiazole rings is 1. The summed E-state index contributed by atoms with van der Waals surface area (Å²) in [5.74, 6) is -3.73. The highest BCUT2D eigenvalue weighted by Crippen LogP contribution is 2.45. The fraction of sp³-hybridized carbons (Fsp3) is 0.115. The number of halogens is 2. The summed E-state index contributed by atoms with van der Waals surface area (Å²) in [4.78, 5) is 32.0. The third-order valence-corrected chi connectivity index (χ3v) is 7.26. The molecular weight excluding hydrogens is 490 g/mol. The molecule has 3 aromatic carbocycles. The average molecular weight is 506 g/mol. The lowest BCUT2D eigenvalue weighted by Gasteiger charge is -2.23. The second-order valence-electron chi connectivity index (χ2n) is 8.41. The molecule has 10 heteroatoms. The van der Waals surface area contributed by atoms with Crippen molar-refractivity contribution in [1.29, 1.82) is 0 Å². The number of anilines is 1.